The summed E-state index contributed by atoms with van der Waals surface area (Å²) in [6.07, 6.45) is 1.68. The lowest BCUT2D eigenvalue weighted by molar-refractivity contribution is 0.0702. The van der Waals surface area contributed by atoms with Gasteiger partial charge in [-0.05, 0) is 31.0 Å². The molecule has 1 saturated heterocycles. The molecule has 4 nitrogen and oxygen atoms in total. The van der Waals surface area contributed by atoms with E-state index in [0.717, 1.165) is 24.3 Å². The Morgan fingerprint density at radius 3 is 2.77 bits per heavy atom. The smallest absolute Gasteiger partial charge is 0.255 e. The van der Waals surface area contributed by atoms with Gasteiger partial charge in [0.2, 0.25) is 0 Å². The van der Waals surface area contributed by atoms with Gasteiger partial charge < -0.3 is 10.2 Å². The van der Waals surface area contributed by atoms with Gasteiger partial charge in [0.25, 0.3) is 5.91 Å². The summed E-state index contributed by atoms with van der Waals surface area (Å²) < 4.78 is 0. The Hall–Kier alpha value is -2.20. The molecule has 1 unspecified atom stereocenters. The zero-order chi connectivity index (χ0) is 15.5. The van der Waals surface area contributed by atoms with E-state index in [4.69, 9.17) is 0 Å². The van der Waals surface area contributed by atoms with Gasteiger partial charge in [-0.3, -0.25) is 9.78 Å². The minimum atomic E-state index is 0.0676. The fraction of sp³-hybridized carbons (Fsp3) is 0.333. The van der Waals surface area contributed by atoms with E-state index >= 15 is 0 Å². The van der Waals surface area contributed by atoms with Gasteiger partial charge >= 0.3 is 0 Å². The normalized spacial score (nSPS) is 18.3. The first kappa shape index (κ1) is 14.7. The lowest BCUT2D eigenvalue weighted by Gasteiger charge is -2.34. The van der Waals surface area contributed by atoms with Gasteiger partial charge in [0, 0.05) is 37.6 Å². The van der Waals surface area contributed by atoms with Crippen molar-refractivity contribution in [2.75, 3.05) is 19.6 Å². The molecular weight excluding hydrogens is 274 g/mol. The quantitative estimate of drug-likeness (QED) is 0.926. The first-order valence-electron chi connectivity index (χ1n) is 7.66. The zero-order valence-electron chi connectivity index (χ0n) is 13.0. The lowest BCUT2D eigenvalue weighted by Crippen LogP contribution is -2.48. The van der Waals surface area contributed by atoms with Crippen molar-refractivity contribution in [3.8, 4) is 0 Å². The van der Waals surface area contributed by atoms with E-state index in [1.165, 1.54) is 5.56 Å². The molecule has 0 aliphatic carbocycles. The summed E-state index contributed by atoms with van der Waals surface area (Å²) in [4.78, 5) is 18.9. The van der Waals surface area contributed by atoms with Crippen LogP contribution in [0.15, 0.2) is 42.6 Å². The van der Waals surface area contributed by atoms with E-state index in [9.17, 15) is 4.79 Å². The van der Waals surface area contributed by atoms with E-state index in [1.807, 2.05) is 43.0 Å². The molecule has 2 aromatic rings. The Balaban J connectivity index is 1.76. The third-order valence-electron chi connectivity index (χ3n) is 4.25. The highest BCUT2D eigenvalue weighted by Crippen LogP contribution is 2.19. The van der Waals surface area contributed by atoms with Gasteiger partial charge in [-0.25, -0.2) is 0 Å². The monoisotopic (exact) mass is 295 g/mol. The maximum absolute atomic E-state index is 12.7. The zero-order valence-corrected chi connectivity index (χ0v) is 13.0. The van der Waals surface area contributed by atoms with Gasteiger partial charge in [0.1, 0.15) is 0 Å². The van der Waals surface area contributed by atoms with Crippen LogP contribution in [0.25, 0.3) is 0 Å². The lowest BCUT2D eigenvalue weighted by atomic mass is 10.0. The molecule has 0 bridgehead atoms. The van der Waals surface area contributed by atoms with E-state index in [2.05, 4.69) is 22.4 Å². The molecule has 1 fully saturated rings. The van der Waals surface area contributed by atoms with E-state index < -0.39 is 0 Å². The molecule has 22 heavy (non-hydrogen) atoms. The largest absolute Gasteiger partial charge is 0.335 e. The van der Waals surface area contributed by atoms with Gasteiger partial charge in [0.05, 0.1) is 5.56 Å². The van der Waals surface area contributed by atoms with Crippen LogP contribution in [-0.4, -0.2) is 35.4 Å². The second-order valence-corrected chi connectivity index (χ2v) is 5.79. The third-order valence-corrected chi connectivity index (χ3v) is 4.25. The van der Waals surface area contributed by atoms with Crippen molar-refractivity contribution in [2.45, 2.75) is 19.9 Å². The Bertz CT molecular complexity index is 669. The fourth-order valence-electron chi connectivity index (χ4n) is 2.79. The molecule has 0 saturated carbocycles. The summed E-state index contributed by atoms with van der Waals surface area (Å²) in [6, 6.07) is 12.4. The number of carbonyl (C=O) groups excluding carboxylic acids is 1. The number of benzene rings is 1. The first-order chi connectivity index (χ1) is 10.6. The number of nitrogens with one attached hydrogen (secondary N) is 1. The van der Waals surface area contributed by atoms with Gasteiger partial charge in [0.15, 0.2) is 0 Å². The fourth-order valence-corrected chi connectivity index (χ4v) is 2.79. The third kappa shape index (κ3) is 3.02. The summed E-state index contributed by atoms with van der Waals surface area (Å²) >= 11 is 0. The molecule has 1 N–H and O–H groups in total. The molecule has 1 amide bonds. The Morgan fingerprint density at radius 1 is 1.27 bits per heavy atom. The molecule has 1 aliphatic heterocycles. The standard InChI is InChI=1S/C18H21N3O/c1-13-10-16(11-20-14(13)2)18(22)21-9-8-19-17(12-21)15-6-4-3-5-7-15/h3-7,10-11,17,19H,8-9,12H2,1-2H3. The number of hydrogen-bond donors (Lipinski definition) is 1. The summed E-state index contributed by atoms with van der Waals surface area (Å²) in [7, 11) is 0. The number of aryl methyl sites for hydroxylation is 2. The summed E-state index contributed by atoms with van der Waals surface area (Å²) in [6.45, 7) is 6.18. The van der Waals surface area contributed by atoms with Crippen molar-refractivity contribution in [1.29, 1.82) is 0 Å². The van der Waals surface area contributed by atoms with Crippen LogP contribution in [0.4, 0.5) is 0 Å². The highest BCUT2D eigenvalue weighted by atomic mass is 16.2. The summed E-state index contributed by atoms with van der Waals surface area (Å²) in [5, 5.41) is 3.48. The molecule has 1 aromatic heterocycles. The number of rotatable bonds is 2. The van der Waals surface area contributed by atoms with Crippen molar-refractivity contribution in [3.05, 3.63) is 65.0 Å². The molecule has 4 heteroatoms. The van der Waals surface area contributed by atoms with E-state index in [1.54, 1.807) is 6.20 Å². The molecule has 1 aromatic carbocycles. The summed E-state index contributed by atoms with van der Waals surface area (Å²) in [5.74, 6) is 0.0676. The van der Waals surface area contributed by atoms with Crippen LogP contribution < -0.4 is 5.32 Å². The predicted molar refractivity (Wildman–Crippen MR) is 86.8 cm³/mol. The van der Waals surface area contributed by atoms with Crippen molar-refractivity contribution >= 4 is 5.91 Å². The molecule has 114 valence electrons. The maximum atomic E-state index is 12.7. The molecule has 3 rings (SSSR count). The molecule has 0 spiro atoms. The average molecular weight is 295 g/mol. The average Bonchev–Trinajstić information content (AvgIpc) is 2.57. The number of piperazine rings is 1. The molecule has 1 aliphatic rings. The minimum absolute atomic E-state index is 0.0676. The van der Waals surface area contributed by atoms with Crippen molar-refractivity contribution < 1.29 is 4.79 Å². The van der Waals surface area contributed by atoms with E-state index in [-0.39, 0.29) is 11.9 Å². The number of amides is 1. The molecule has 1 atom stereocenters. The second kappa shape index (κ2) is 6.28. The first-order valence-corrected chi connectivity index (χ1v) is 7.66. The van der Waals surface area contributed by atoms with E-state index in [0.29, 0.717) is 12.1 Å². The molecule has 0 radical (unpaired) electrons. The number of aromatic nitrogens is 1. The predicted octanol–water partition coefficient (Wildman–Crippen LogP) is 2.49. The van der Waals surface area contributed by atoms with Crippen LogP contribution >= 0.6 is 0 Å². The number of hydrogen-bond acceptors (Lipinski definition) is 3. The van der Waals surface area contributed by atoms with Crippen molar-refractivity contribution in [3.63, 3.8) is 0 Å². The Kier molecular flexibility index (Phi) is 4.20. The number of carbonyl (C=O) groups is 1. The highest BCUT2D eigenvalue weighted by molar-refractivity contribution is 5.94. The Morgan fingerprint density at radius 2 is 2.05 bits per heavy atom. The van der Waals surface area contributed by atoms with Gasteiger partial charge in [-0.1, -0.05) is 30.3 Å². The summed E-state index contributed by atoms with van der Waals surface area (Å²) in [5.41, 5.74) is 3.93. The van der Waals surface area contributed by atoms with Crippen molar-refractivity contribution in [2.24, 2.45) is 0 Å². The highest BCUT2D eigenvalue weighted by Gasteiger charge is 2.25. The molecular formula is C18H21N3O. The van der Waals surface area contributed by atoms with Gasteiger partial charge in [-0.2, -0.15) is 0 Å². The minimum Gasteiger partial charge on any atom is -0.335 e. The van der Waals surface area contributed by atoms with Crippen molar-refractivity contribution in [1.82, 2.24) is 15.2 Å². The SMILES string of the molecule is Cc1cc(C(=O)N2CCNC(c3ccccc3)C2)cnc1C. The number of pyridine rings is 1. The Labute approximate surface area is 131 Å². The molecule has 2 heterocycles. The van der Waals surface area contributed by atoms with Crippen LogP contribution in [0.2, 0.25) is 0 Å². The topological polar surface area (TPSA) is 45.2 Å². The number of nitrogens with zero attached hydrogens (tertiary/aromatic N) is 2. The van der Waals surface area contributed by atoms with Crippen LogP contribution in [0.1, 0.15) is 33.2 Å². The van der Waals surface area contributed by atoms with Gasteiger partial charge in [-0.15, -0.1) is 0 Å². The van der Waals surface area contributed by atoms with Crippen LogP contribution in [0.5, 0.6) is 0 Å². The van der Waals surface area contributed by atoms with Crippen LogP contribution in [-0.2, 0) is 0 Å². The van der Waals surface area contributed by atoms with Crippen LogP contribution in [0.3, 0.4) is 0 Å². The second-order valence-electron chi connectivity index (χ2n) is 5.79. The maximum Gasteiger partial charge on any atom is 0.255 e. The van der Waals surface area contributed by atoms with Crippen LogP contribution in [0, 0.1) is 13.8 Å².